The Kier molecular flexibility index (Phi) is 2.25. The summed E-state index contributed by atoms with van der Waals surface area (Å²) in [6, 6.07) is 8.80. The highest BCUT2D eigenvalue weighted by Gasteiger charge is 2.20. The van der Waals surface area contributed by atoms with E-state index in [4.69, 9.17) is 0 Å². The third-order valence-corrected chi connectivity index (χ3v) is 3.67. The highest BCUT2D eigenvalue weighted by molar-refractivity contribution is 5.85. The Bertz CT molecular complexity index is 525. The van der Waals surface area contributed by atoms with Gasteiger partial charge in [0.1, 0.15) is 0 Å². The third kappa shape index (κ3) is 1.30. The van der Waals surface area contributed by atoms with Crippen molar-refractivity contribution in [1.82, 2.24) is 9.47 Å². The van der Waals surface area contributed by atoms with E-state index in [9.17, 15) is 0 Å². The lowest BCUT2D eigenvalue weighted by molar-refractivity contribution is 0.309. The quantitative estimate of drug-likeness (QED) is 0.708. The molecule has 0 radical (unpaired) electrons. The maximum Gasteiger partial charge on any atom is 0.0485 e. The molecule has 0 fully saturated rings. The molecule has 0 unspecified atom stereocenters. The predicted molar refractivity (Wildman–Crippen MR) is 67.7 cm³/mol. The molecule has 0 saturated heterocycles. The van der Waals surface area contributed by atoms with Crippen molar-refractivity contribution in [3.63, 3.8) is 0 Å². The van der Waals surface area contributed by atoms with Crippen LogP contribution in [0, 0.1) is 0 Å². The summed E-state index contributed by atoms with van der Waals surface area (Å²) >= 11 is 0. The first kappa shape index (κ1) is 9.91. The number of hydrogen-bond donors (Lipinski definition) is 0. The smallest absolute Gasteiger partial charge is 0.0485 e. The minimum atomic E-state index is 1.08. The first-order valence-electron chi connectivity index (χ1n) is 6.08. The average Bonchev–Trinajstić information content (AvgIpc) is 2.62. The van der Waals surface area contributed by atoms with Crippen LogP contribution in [0.1, 0.15) is 18.2 Å². The van der Waals surface area contributed by atoms with Gasteiger partial charge >= 0.3 is 0 Å². The number of aryl methyl sites for hydroxylation is 1. The molecule has 2 heteroatoms. The molecule has 2 nitrogen and oxygen atoms in total. The van der Waals surface area contributed by atoms with Gasteiger partial charge in [-0.1, -0.05) is 18.2 Å². The van der Waals surface area contributed by atoms with Gasteiger partial charge in [-0.25, -0.2) is 0 Å². The minimum absolute atomic E-state index is 1.08. The topological polar surface area (TPSA) is 8.17 Å². The van der Waals surface area contributed by atoms with Gasteiger partial charge in [-0.15, -0.1) is 0 Å². The van der Waals surface area contributed by atoms with Gasteiger partial charge in [-0.05, 0) is 25.6 Å². The van der Waals surface area contributed by atoms with E-state index in [2.05, 4.69) is 47.7 Å². The van der Waals surface area contributed by atoms with Gasteiger partial charge in [0, 0.05) is 42.7 Å². The van der Waals surface area contributed by atoms with E-state index in [0.717, 1.165) is 13.1 Å². The number of fused-ring (bicyclic) bond motifs is 3. The largest absolute Gasteiger partial charge is 0.344 e. The second-order valence-electron chi connectivity index (χ2n) is 4.67. The van der Waals surface area contributed by atoms with Gasteiger partial charge in [0.2, 0.25) is 0 Å². The Morgan fingerprint density at radius 2 is 2.06 bits per heavy atom. The molecule has 0 saturated carbocycles. The van der Waals surface area contributed by atoms with Crippen molar-refractivity contribution in [2.75, 3.05) is 13.6 Å². The van der Waals surface area contributed by atoms with E-state index in [0.29, 0.717) is 0 Å². The summed E-state index contributed by atoms with van der Waals surface area (Å²) in [7, 11) is 2.21. The molecule has 3 rings (SSSR count). The van der Waals surface area contributed by atoms with Crippen molar-refractivity contribution in [3.05, 3.63) is 35.5 Å². The van der Waals surface area contributed by atoms with E-state index in [1.165, 1.54) is 23.9 Å². The summed E-state index contributed by atoms with van der Waals surface area (Å²) in [5.74, 6) is 0. The number of para-hydroxylation sites is 1. The molecule has 0 amide bonds. The second kappa shape index (κ2) is 3.63. The van der Waals surface area contributed by atoms with Crippen LogP contribution in [-0.2, 0) is 19.5 Å². The third-order valence-electron chi connectivity index (χ3n) is 3.67. The normalized spacial score (nSPS) is 16.6. The summed E-state index contributed by atoms with van der Waals surface area (Å²) in [6.07, 6.45) is 1.19. The lowest BCUT2D eigenvalue weighted by Crippen LogP contribution is -2.27. The Labute approximate surface area is 96.5 Å². The van der Waals surface area contributed by atoms with Crippen LogP contribution in [0.4, 0.5) is 0 Å². The van der Waals surface area contributed by atoms with Crippen LogP contribution in [0.25, 0.3) is 10.9 Å². The molecule has 0 aliphatic carbocycles. The first-order valence-corrected chi connectivity index (χ1v) is 6.08. The molecule has 0 spiro atoms. The summed E-state index contributed by atoms with van der Waals surface area (Å²) in [4.78, 5) is 2.41. The highest BCUT2D eigenvalue weighted by Crippen LogP contribution is 2.30. The Morgan fingerprint density at radius 3 is 2.88 bits per heavy atom. The van der Waals surface area contributed by atoms with Gasteiger partial charge in [0.15, 0.2) is 0 Å². The molecule has 0 bridgehead atoms. The maximum absolute atomic E-state index is 2.48. The molecule has 0 atom stereocenters. The van der Waals surface area contributed by atoms with Gasteiger partial charge in [0.25, 0.3) is 0 Å². The lowest BCUT2D eigenvalue weighted by Gasteiger charge is -2.24. The average molecular weight is 214 g/mol. The van der Waals surface area contributed by atoms with Crippen molar-refractivity contribution in [2.24, 2.45) is 0 Å². The molecule has 2 aromatic rings. The molecular formula is C14H18N2. The van der Waals surface area contributed by atoms with Crippen LogP contribution in [-0.4, -0.2) is 23.1 Å². The molecule has 16 heavy (non-hydrogen) atoms. The zero-order chi connectivity index (χ0) is 11.1. The number of nitrogens with zero attached hydrogens (tertiary/aromatic N) is 2. The van der Waals surface area contributed by atoms with Crippen molar-refractivity contribution in [1.29, 1.82) is 0 Å². The zero-order valence-corrected chi connectivity index (χ0v) is 10.0. The summed E-state index contributed by atoms with van der Waals surface area (Å²) in [5, 5.41) is 1.45. The van der Waals surface area contributed by atoms with E-state index in [1.807, 2.05) is 0 Å². The number of likely N-dealkylation sites (N-methyl/N-ethyl adjacent to an activating group) is 1. The molecule has 1 aromatic carbocycles. The van der Waals surface area contributed by atoms with Crippen molar-refractivity contribution < 1.29 is 0 Å². The van der Waals surface area contributed by atoms with E-state index in [1.54, 1.807) is 11.3 Å². The number of hydrogen-bond acceptors (Lipinski definition) is 1. The molecule has 84 valence electrons. The van der Waals surface area contributed by atoms with Crippen LogP contribution in [0.2, 0.25) is 0 Å². The Balaban J connectivity index is 2.31. The van der Waals surface area contributed by atoms with Gasteiger partial charge < -0.3 is 9.47 Å². The van der Waals surface area contributed by atoms with Crippen LogP contribution >= 0.6 is 0 Å². The Hall–Kier alpha value is -1.28. The summed E-state index contributed by atoms with van der Waals surface area (Å²) < 4.78 is 2.48. The fourth-order valence-corrected chi connectivity index (χ4v) is 2.90. The number of rotatable bonds is 1. The molecule has 1 aliphatic heterocycles. The van der Waals surface area contributed by atoms with Gasteiger partial charge in [-0.2, -0.15) is 0 Å². The monoisotopic (exact) mass is 214 g/mol. The fraction of sp³-hybridized carbons (Fsp3) is 0.429. The maximum atomic E-state index is 2.48. The van der Waals surface area contributed by atoms with Crippen molar-refractivity contribution in [3.8, 4) is 0 Å². The SMILES string of the molecule is CCn1c2c(c3ccccc31)CN(C)CC2. The van der Waals surface area contributed by atoms with Crippen molar-refractivity contribution in [2.45, 2.75) is 26.4 Å². The zero-order valence-electron chi connectivity index (χ0n) is 10.0. The lowest BCUT2D eigenvalue weighted by atomic mass is 10.1. The molecule has 1 aliphatic rings. The highest BCUT2D eigenvalue weighted by atomic mass is 15.1. The fourth-order valence-electron chi connectivity index (χ4n) is 2.90. The van der Waals surface area contributed by atoms with Crippen molar-refractivity contribution >= 4 is 10.9 Å². The van der Waals surface area contributed by atoms with Crippen LogP contribution in [0.15, 0.2) is 24.3 Å². The van der Waals surface area contributed by atoms with Crippen LogP contribution in [0.3, 0.4) is 0 Å². The predicted octanol–water partition coefficient (Wildman–Crippen LogP) is 2.65. The van der Waals surface area contributed by atoms with E-state index < -0.39 is 0 Å². The summed E-state index contributed by atoms with van der Waals surface area (Å²) in [5.41, 5.74) is 4.51. The standard InChI is InChI=1S/C14H18N2/c1-3-16-13-7-5-4-6-11(13)12-10-15(2)9-8-14(12)16/h4-7H,3,8-10H2,1-2H3. The van der Waals surface area contributed by atoms with Gasteiger partial charge in [-0.3, -0.25) is 0 Å². The second-order valence-corrected chi connectivity index (χ2v) is 4.67. The minimum Gasteiger partial charge on any atom is -0.344 e. The molecule has 1 aromatic heterocycles. The Morgan fingerprint density at radius 1 is 1.25 bits per heavy atom. The van der Waals surface area contributed by atoms with Crippen LogP contribution < -0.4 is 0 Å². The molecular weight excluding hydrogens is 196 g/mol. The van der Waals surface area contributed by atoms with E-state index >= 15 is 0 Å². The molecule has 2 heterocycles. The van der Waals surface area contributed by atoms with Gasteiger partial charge in [0.05, 0.1) is 0 Å². The molecule has 0 N–H and O–H groups in total. The number of aromatic nitrogens is 1. The first-order chi connectivity index (χ1) is 7.81. The number of benzene rings is 1. The summed E-state index contributed by atoms with van der Waals surface area (Å²) in [6.45, 7) is 5.61. The van der Waals surface area contributed by atoms with Crippen LogP contribution in [0.5, 0.6) is 0 Å². The van der Waals surface area contributed by atoms with E-state index in [-0.39, 0.29) is 0 Å².